The van der Waals surface area contributed by atoms with E-state index in [1.54, 1.807) is 0 Å². The predicted octanol–water partition coefficient (Wildman–Crippen LogP) is 2.99. The van der Waals surface area contributed by atoms with Gasteiger partial charge in [0.15, 0.2) is 10.9 Å². The zero-order chi connectivity index (χ0) is 15.2. The highest BCUT2D eigenvalue weighted by atomic mass is 32.1. The minimum Gasteiger partial charge on any atom is -0.309 e. The van der Waals surface area contributed by atoms with Gasteiger partial charge in [0, 0.05) is 17.6 Å². The van der Waals surface area contributed by atoms with Crippen molar-refractivity contribution in [3.63, 3.8) is 0 Å². The van der Waals surface area contributed by atoms with Crippen molar-refractivity contribution in [1.29, 1.82) is 0 Å². The van der Waals surface area contributed by atoms with Crippen molar-refractivity contribution in [3.8, 4) is 0 Å². The SMILES string of the molecule is CCCNC(C)c1csc(NC(=O)c2ccncc2F)n1. The van der Waals surface area contributed by atoms with Gasteiger partial charge in [0.05, 0.1) is 17.5 Å². The Balaban J connectivity index is 2.02. The third kappa shape index (κ3) is 4.05. The fourth-order valence-electron chi connectivity index (χ4n) is 1.73. The van der Waals surface area contributed by atoms with E-state index in [4.69, 9.17) is 0 Å². The Labute approximate surface area is 126 Å². The van der Waals surface area contributed by atoms with Crippen molar-refractivity contribution in [2.75, 3.05) is 11.9 Å². The first kappa shape index (κ1) is 15.5. The number of aromatic nitrogens is 2. The van der Waals surface area contributed by atoms with Crippen LogP contribution in [0, 0.1) is 5.82 Å². The zero-order valence-corrected chi connectivity index (χ0v) is 12.7. The Bertz CT molecular complexity index is 617. The van der Waals surface area contributed by atoms with Gasteiger partial charge in [-0.25, -0.2) is 9.37 Å². The Morgan fingerprint density at radius 3 is 3.05 bits per heavy atom. The zero-order valence-electron chi connectivity index (χ0n) is 11.9. The number of pyridine rings is 1. The second-order valence-electron chi connectivity index (χ2n) is 4.56. The number of nitrogens with one attached hydrogen (secondary N) is 2. The van der Waals surface area contributed by atoms with Gasteiger partial charge >= 0.3 is 0 Å². The Morgan fingerprint density at radius 1 is 1.52 bits per heavy atom. The highest BCUT2D eigenvalue weighted by molar-refractivity contribution is 7.14. The van der Waals surface area contributed by atoms with Crippen molar-refractivity contribution in [1.82, 2.24) is 15.3 Å². The summed E-state index contributed by atoms with van der Waals surface area (Å²) >= 11 is 1.32. The van der Waals surface area contributed by atoms with E-state index in [9.17, 15) is 9.18 Å². The number of hydrogen-bond acceptors (Lipinski definition) is 5. The average Bonchev–Trinajstić information content (AvgIpc) is 2.93. The average molecular weight is 308 g/mol. The lowest BCUT2D eigenvalue weighted by Crippen LogP contribution is -2.19. The monoisotopic (exact) mass is 308 g/mol. The quantitative estimate of drug-likeness (QED) is 0.861. The summed E-state index contributed by atoms with van der Waals surface area (Å²) in [7, 11) is 0. The van der Waals surface area contributed by atoms with E-state index in [1.165, 1.54) is 23.6 Å². The van der Waals surface area contributed by atoms with Crippen LogP contribution in [-0.4, -0.2) is 22.4 Å². The normalized spacial score (nSPS) is 12.1. The Morgan fingerprint density at radius 2 is 2.33 bits per heavy atom. The highest BCUT2D eigenvalue weighted by Gasteiger charge is 2.14. The molecule has 2 aromatic heterocycles. The van der Waals surface area contributed by atoms with E-state index in [-0.39, 0.29) is 11.6 Å². The summed E-state index contributed by atoms with van der Waals surface area (Å²) < 4.78 is 13.5. The minimum atomic E-state index is -0.648. The predicted molar refractivity (Wildman–Crippen MR) is 81.0 cm³/mol. The van der Waals surface area contributed by atoms with Gasteiger partial charge in [-0.3, -0.25) is 15.1 Å². The lowest BCUT2D eigenvalue weighted by molar-refractivity contribution is 0.102. The molecule has 2 rings (SSSR count). The summed E-state index contributed by atoms with van der Waals surface area (Å²) in [6.07, 6.45) is 3.43. The molecule has 0 aliphatic heterocycles. The number of anilines is 1. The number of amides is 1. The molecule has 0 aliphatic carbocycles. The molecule has 0 radical (unpaired) electrons. The van der Waals surface area contributed by atoms with Crippen LogP contribution in [0.3, 0.4) is 0 Å². The molecule has 112 valence electrons. The van der Waals surface area contributed by atoms with Crippen LogP contribution >= 0.6 is 11.3 Å². The van der Waals surface area contributed by atoms with Gasteiger partial charge in [-0.15, -0.1) is 11.3 Å². The molecule has 1 unspecified atom stereocenters. The highest BCUT2D eigenvalue weighted by Crippen LogP contribution is 2.21. The molecule has 0 saturated heterocycles. The van der Waals surface area contributed by atoms with E-state index in [1.807, 2.05) is 12.3 Å². The molecule has 1 amide bonds. The molecule has 0 aliphatic rings. The van der Waals surface area contributed by atoms with Gasteiger partial charge in [-0.1, -0.05) is 6.92 Å². The fraction of sp³-hybridized carbons (Fsp3) is 0.357. The molecule has 5 nitrogen and oxygen atoms in total. The van der Waals surface area contributed by atoms with E-state index in [0.29, 0.717) is 5.13 Å². The van der Waals surface area contributed by atoms with Crippen LogP contribution in [0.2, 0.25) is 0 Å². The van der Waals surface area contributed by atoms with Crippen LogP contribution in [0.5, 0.6) is 0 Å². The maximum atomic E-state index is 13.5. The van der Waals surface area contributed by atoms with Gasteiger partial charge in [0.1, 0.15) is 0 Å². The third-order valence-electron chi connectivity index (χ3n) is 2.90. The number of carbonyl (C=O) groups is 1. The van der Waals surface area contributed by atoms with Crippen LogP contribution in [0.4, 0.5) is 9.52 Å². The molecule has 21 heavy (non-hydrogen) atoms. The van der Waals surface area contributed by atoms with Crippen molar-refractivity contribution in [3.05, 3.63) is 40.9 Å². The van der Waals surface area contributed by atoms with Crippen molar-refractivity contribution in [2.24, 2.45) is 0 Å². The number of thiazole rings is 1. The van der Waals surface area contributed by atoms with Crippen molar-refractivity contribution < 1.29 is 9.18 Å². The van der Waals surface area contributed by atoms with Crippen LogP contribution < -0.4 is 10.6 Å². The first-order valence-electron chi connectivity index (χ1n) is 6.71. The molecule has 0 fully saturated rings. The lowest BCUT2D eigenvalue weighted by Gasteiger charge is -2.09. The van der Waals surface area contributed by atoms with Crippen LogP contribution in [0.15, 0.2) is 23.8 Å². The molecule has 0 saturated carbocycles. The molecule has 1 atom stereocenters. The van der Waals surface area contributed by atoms with Crippen LogP contribution in [-0.2, 0) is 0 Å². The van der Waals surface area contributed by atoms with Crippen molar-refractivity contribution >= 4 is 22.4 Å². The standard InChI is InChI=1S/C14H17FN4OS/c1-3-5-17-9(2)12-8-21-14(18-12)19-13(20)10-4-6-16-7-11(10)15/h4,6-9,17H,3,5H2,1-2H3,(H,18,19,20). The maximum absolute atomic E-state index is 13.5. The molecule has 2 aromatic rings. The summed E-state index contributed by atoms with van der Waals surface area (Å²) in [5.41, 5.74) is 0.817. The second kappa shape index (κ2) is 7.24. The summed E-state index contributed by atoms with van der Waals surface area (Å²) in [5, 5.41) is 8.26. The number of carbonyl (C=O) groups excluding carboxylic acids is 1. The fourth-order valence-corrected chi connectivity index (χ4v) is 2.53. The molecule has 7 heteroatoms. The number of nitrogens with zero attached hydrogens (tertiary/aromatic N) is 2. The Kier molecular flexibility index (Phi) is 5.35. The smallest absolute Gasteiger partial charge is 0.260 e. The second-order valence-corrected chi connectivity index (χ2v) is 5.42. The molecular formula is C14H17FN4OS. The van der Waals surface area contributed by atoms with E-state index in [0.717, 1.165) is 24.9 Å². The van der Waals surface area contributed by atoms with Crippen LogP contribution in [0.25, 0.3) is 0 Å². The number of rotatable bonds is 6. The lowest BCUT2D eigenvalue weighted by atomic mass is 10.2. The number of halogens is 1. The Hall–Kier alpha value is -1.86. The van der Waals surface area contributed by atoms with E-state index >= 15 is 0 Å². The third-order valence-corrected chi connectivity index (χ3v) is 3.68. The number of hydrogen-bond donors (Lipinski definition) is 2. The van der Waals surface area contributed by atoms with Crippen molar-refractivity contribution in [2.45, 2.75) is 26.3 Å². The first-order valence-corrected chi connectivity index (χ1v) is 7.59. The van der Waals surface area contributed by atoms with Crippen LogP contribution in [0.1, 0.15) is 42.4 Å². The van der Waals surface area contributed by atoms with Gasteiger partial charge in [0.2, 0.25) is 0 Å². The molecule has 2 heterocycles. The molecule has 0 aromatic carbocycles. The molecular weight excluding hydrogens is 291 g/mol. The first-order chi connectivity index (χ1) is 10.1. The summed E-state index contributed by atoms with van der Waals surface area (Å²) in [6.45, 7) is 5.01. The molecule has 0 bridgehead atoms. The summed E-state index contributed by atoms with van der Waals surface area (Å²) in [5.74, 6) is -1.17. The maximum Gasteiger partial charge on any atom is 0.260 e. The molecule has 2 N–H and O–H groups in total. The van der Waals surface area contributed by atoms with E-state index < -0.39 is 11.7 Å². The molecule has 0 spiro atoms. The van der Waals surface area contributed by atoms with Gasteiger partial charge in [-0.2, -0.15) is 0 Å². The van der Waals surface area contributed by atoms with Gasteiger partial charge in [0.25, 0.3) is 5.91 Å². The topological polar surface area (TPSA) is 66.9 Å². The minimum absolute atomic E-state index is 0.0427. The summed E-state index contributed by atoms with van der Waals surface area (Å²) in [6, 6.07) is 1.45. The summed E-state index contributed by atoms with van der Waals surface area (Å²) in [4.78, 5) is 19.9. The van der Waals surface area contributed by atoms with Gasteiger partial charge < -0.3 is 5.32 Å². The largest absolute Gasteiger partial charge is 0.309 e. The van der Waals surface area contributed by atoms with Gasteiger partial charge in [-0.05, 0) is 26.0 Å². The van der Waals surface area contributed by atoms with E-state index in [2.05, 4.69) is 27.5 Å².